The lowest BCUT2D eigenvalue weighted by Gasteiger charge is -2.34. The maximum Gasteiger partial charge on any atom is 0.312 e. The van der Waals surface area contributed by atoms with Gasteiger partial charge in [-0.05, 0) is 81.1 Å². The van der Waals surface area contributed by atoms with Crippen LogP contribution in [0.25, 0.3) is 11.0 Å². The van der Waals surface area contributed by atoms with Gasteiger partial charge in [0.2, 0.25) is 0 Å². The molecule has 0 saturated heterocycles. The Morgan fingerprint density at radius 3 is 2.42 bits per heavy atom. The number of carbonyl (C=O) groups is 1. The summed E-state index contributed by atoms with van der Waals surface area (Å²) in [6.07, 6.45) is 1.61. The molecule has 4 aromatic rings. The van der Waals surface area contributed by atoms with Gasteiger partial charge >= 0.3 is 12.9 Å². The van der Waals surface area contributed by atoms with E-state index in [2.05, 4.69) is 85.7 Å². The molecule has 4 rings (SSSR count). The fourth-order valence-electron chi connectivity index (χ4n) is 5.55. The van der Waals surface area contributed by atoms with Crippen LogP contribution in [0.3, 0.4) is 0 Å². The van der Waals surface area contributed by atoms with Gasteiger partial charge in [0.05, 0.1) is 18.0 Å². The zero-order chi connectivity index (χ0) is 27.4. The number of fused-ring (bicyclic) bond motifs is 1. The summed E-state index contributed by atoms with van der Waals surface area (Å²) in [6.45, 7) is 11.0. The standard InChI is InChI=1S/C31H38BN3O3/c1-8-35-27-17-16-26(22(3)29(27)33-34-35)28(31(4,5)30(36)37-6)24-15-14-21(2)25(18-24)20-32(38-7)19-23-12-10-9-11-13-23/h9-18,28H,8,19-20H2,1-7H3. The molecule has 1 unspecified atom stereocenters. The normalized spacial score (nSPS) is 12.5. The average molecular weight is 511 g/mol. The third-order valence-electron chi connectivity index (χ3n) is 7.82. The fourth-order valence-corrected chi connectivity index (χ4v) is 5.55. The molecular formula is C31H38BN3O3. The van der Waals surface area contributed by atoms with E-state index in [9.17, 15) is 4.79 Å². The van der Waals surface area contributed by atoms with Gasteiger partial charge in [-0.3, -0.25) is 4.79 Å². The topological polar surface area (TPSA) is 66.2 Å². The lowest BCUT2D eigenvalue weighted by molar-refractivity contribution is -0.151. The van der Waals surface area contributed by atoms with Crippen LogP contribution in [0, 0.1) is 19.3 Å². The number of nitrogens with zero attached hydrogens (tertiary/aromatic N) is 3. The van der Waals surface area contributed by atoms with Gasteiger partial charge in [-0.2, -0.15) is 0 Å². The lowest BCUT2D eigenvalue weighted by atomic mass is 9.57. The maximum atomic E-state index is 13.2. The van der Waals surface area contributed by atoms with E-state index in [1.807, 2.05) is 24.6 Å². The summed E-state index contributed by atoms with van der Waals surface area (Å²) in [4.78, 5) is 13.2. The Morgan fingerprint density at radius 1 is 1.03 bits per heavy atom. The van der Waals surface area contributed by atoms with Crippen LogP contribution in [-0.4, -0.2) is 42.1 Å². The molecular weight excluding hydrogens is 473 g/mol. The highest BCUT2D eigenvalue weighted by Crippen LogP contribution is 2.44. The second-order valence-corrected chi connectivity index (χ2v) is 10.6. The van der Waals surface area contributed by atoms with E-state index in [-0.39, 0.29) is 18.8 Å². The third kappa shape index (κ3) is 5.39. The largest absolute Gasteiger partial charge is 0.469 e. The molecule has 3 aromatic carbocycles. The molecule has 0 radical (unpaired) electrons. The number of aryl methyl sites for hydroxylation is 3. The summed E-state index contributed by atoms with van der Waals surface area (Å²) in [5.74, 6) is -0.485. The summed E-state index contributed by atoms with van der Waals surface area (Å²) in [7, 11) is 3.23. The van der Waals surface area contributed by atoms with Crippen molar-refractivity contribution in [3.63, 3.8) is 0 Å². The first kappa shape index (κ1) is 27.6. The Morgan fingerprint density at radius 2 is 1.76 bits per heavy atom. The molecule has 1 atom stereocenters. The minimum Gasteiger partial charge on any atom is -0.469 e. The molecule has 0 spiro atoms. The van der Waals surface area contributed by atoms with E-state index < -0.39 is 5.41 Å². The summed E-state index contributed by atoms with van der Waals surface area (Å²) >= 11 is 0. The van der Waals surface area contributed by atoms with E-state index in [1.54, 1.807) is 7.11 Å². The number of hydrogen-bond acceptors (Lipinski definition) is 5. The predicted octanol–water partition coefficient (Wildman–Crippen LogP) is 5.90. The van der Waals surface area contributed by atoms with Gasteiger partial charge < -0.3 is 9.39 Å². The number of carbonyl (C=O) groups excluding carboxylic acids is 1. The number of ether oxygens (including phenoxy) is 1. The molecule has 0 aliphatic rings. The quantitative estimate of drug-likeness (QED) is 0.196. The van der Waals surface area contributed by atoms with Crippen LogP contribution in [-0.2, 0) is 33.4 Å². The van der Waals surface area contributed by atoms with E-state index in [1.165, 1.54) is 23.8 Å². The minimum absolute atomic E-state index is 0.0422. The van der Waals surface area contributed by atoms with Gasteiger partial charge in [-0.1, -0.05) is 65.4 Å². The number of rotatable bonds is 10. The highest BCUT2D eigenvalue weighted by Gasteiger charge is 2.41. The number of benzene rings is 3. The molecule has 0 bridgehead atoms. The summed E-state index contributed by atoms with van der Waals surface area (Å²) in [6, 6.07) is 21.2. The van der Waals surface area contributed by atoms with Crippen LogP contribution in [0.2, 0.25) is 0 Å². The van der Waals surface area contributed by atoms with Crippen LogP contribution in [0.5, 0.6) is 0 Å². The summed E-state index contributed by atoms with van der Waals surface area (Å²) < 4.78 is 13.1. The average Bonchev–Trinajstić information content (AvgIpc) is 3.35. The molecule has 198 valence electrons. The van der Waals surface area contributed by atoms with Crippen LogP contribution in [0.4, 0.5) is 0 Å². The third-order valence-corrected chi connectivity index (χ3v) is 7.82. The summed E-state index contributed by atoms with van der Waals surface area (Å²) in [5.41, 5.74) is 7.88. The second kappa shape index (κ2) is 11.5. The molecule has 0 fully saturated rings. The van der Waals surface area contributed by atoms with Crippen molar-refractivity contribution in [1.29, 1.82) is 0 Å². The van der Waals surface area contributed by atoms with Crippen LogP contribution in [0.15, 0.2) is 60.7 Å². The van der Waals surface area contributed by atoms with Gasteiger partial charge in [0.25, 0.3) is 0 Å². The maximum absolute atomic E-state index is 13.2. The predicted molar refractivity (Wildman–Crippen MR) is 153 cm³/mol. The molecule has 38 heavy (non-hydrogen) atoms. The van der Waals surface area contributed by atoms with Crippen LogP contribution >= 0.6 is 0 Å². The highest BCUT2D eigenvalue weighted by atomic mass is 16.5. The number of hydrogen-bond donors (Lipinski definition) is 0. The first-order valence-electron chi connectivity index (χ1n) is 13.3. The zero-order valence-electron chi connectivity index (χ0n) is 23.6. The Kier molecular flexibility index (Phi) is 8.36. The molecule has 1 aromatic heterocycles. The number of methoxy groups -OCH3 is 1. The van der Waals surface area contributed by atoms with Gasteiger partial charge in [-0.25, -0.2) is 4.68 Å². The molecule has 7 heteroatoms. The van der Waals surface area contributed by atoms with E-state index in [4.69, 9.17) is 9.39 Å². The first-order valence-corrected chi connectivity index (χ1v) is 13.3. The molecule has 0 aliphatic heterocycles. The van der Waals surface area contributed by atoms with E-state index in [0.29, 0.717) is 0 Å². The smallest absolute Gasteiger partial charge is 0.312 e. The Labute approximate surface area is 226 Å². The van der Waals surface area contributed by atoms with Crippen molar-refractivity contribution in [3.8, 4) is 0 Å². The first-order chi connectivity index (χ1) is 18.2. The van der Waals surface area contributed by atoms with Crippen molar-refractivity contribution < 1.29 is 14.2 Å². The lowest BCUT2D eigenvalue weighted by Crippen LogP contribution is -2.34. The van der Waals surface area contributed by atoms with Gasteiger partial charge in [0.15, 0.2) is 0 Å². The van der Waals surface area contributed by atoms with Gasteiger partial charge in [0.1, 0.15) is 5.52 Å². The van der Waals surface area contributed by atoms with E-state index in [0.717, 1.165) is 46.9 Å². The van der Waals surface area contributed by atoms with Crippen molar-refractivity contribution in [2.45, 2.75) is 59.7 Å². The SMILES string of the molecule is CCn1nnc2c(C)c(C(c3ccc(C)c(CB(Cc4ccccc4)OC)c3)C(C)(C)C(=O)OC)ccc21. The zero-order valence-corrected chi connectivity index (χ0v) is 23.6. The Bertz CT molecular complexity index is 1410. The molecule has 0 N–H and O–H groups in total. The number of esters is 1. The van der Waals surface area contributed by atoms with Crippen molar-refractivity contribution in [2.24, 2.45) is 5.41 Å². The van der Waals surface area contributed by atoms with Gasteiger partial charge in [0, 0.05) is 19.6 Å². The van der Waals surface area contributed by atoms with Crippen molar-refractivity contribution in [1.82, 2.24) is 15.0 Å². The van der Waals surface area contributed by atoms with Crippen molar-refractivity contribution in [2.75, 3.05) is 14.2 Å². The molecule has 0 saturated carbocycles. The molecule has 1 heterocycles. The summed E-state index contributed by atoms with van der Waals surface area (Å²) in [5, 5.41) is 8.80. The van der Waals surface area contributed by atoms with Crippen molar-refractivity contribution in [3.05, 3.63) is 94.0 Å². The molecule has 6 nitrogen and oxygen atoms in total. The van der Waals surface area contributed by atoms with Crippen LogP contribution < -0.4 is 0 Å². The van der Waals surface area contributed by atoms with Gasteiger partial charge in [-0.15, -0.1) is 5.10 Å². The van der Waals surface area contributed by atoms with E-state index >= 15 is 0 Å². The Balaban J connectivity index is 1.79. The highest BCUT2D eigenvalue weighted by molar-refractivity contribution is 6.50. The molecule has 0 amide bonds. The monoisotopic (exact) mass is 511 g/mol. The minimum atomic E-state index is -0.814. The Hall–Kier alpha value is -3.45. The second-order valence-electron chi connectivity index (χ2n) is 10.6. The fraction of sp³-hybridized carbons (Fsp3) is 0.387. The number of aromatic nitrogens is 3. The molecule has 0 aliphatic carbocycles. The van der Waals surface area contributed by atoms with Crippen molar-refractivity contribution >= 4 is 23.9 Å². The van der Waals surface area contributed by atoms with Crippen LogP contribution in [0.1, 0.15) is 60.1 Å².